The van der Waals surface area contributed by atoms with Crippen LogP contribution in [0.3, 0.4) is 0 Å². The SMILES string of the molecule is CNC(=O)c1cc(F)c(N)c(F)c1. The van der Waals surface area contributed by atoms with Gasteiger partial charge in [-0.25, -0.2) is 8.78 Å². The lowest BCUT2D eigenvalue weighted by atomic mass is 10.2. The van der Waals surface area contributed by atoms with Gasteiger partial charge < -0.3 is 11.1 Å². The molecule has 0 aliphatic carbocycles. The predicted molar refractivity (Wildman–Crippen MR) is 44.2 cm³/mol. The number of amides is 1. The molecule has 0 heterocycles. The van der Waals surface area contributed by atoms with Crippen LogP contribution in [0.15, 0.2) is 12.1 Å². The summed E-state index contributed by atoms with van der Waals surface area (Å²) >= 11 is 0. The minimum Gasteiger partial charge on any atom is -0.394 e. The van der Waals surface area contributed by atoms with Gasteiger partial charge in [-0.15, -0.1) is 0 Å². The second-order valence-corrected chi connectivity index (χ2v) is 2.43. The molecular weight excluding hydrogens is 178 g/mol. The number of nitrogen functional groups attached to an aromatic ring is 1. The zero-order valence-corrected chi connectivity index (χ0v) is 6.90. The highest BCUT2D eigenvalue weighted by molar-refractivity contribution is 5.94. The van der Waals surface area contributed by atoms with Gasteiger partial charge in [-0.05, 0) is 12.1 Å². The Morgan fingerprint density at radius 1 is 1.38 bits per heavy atom. The second kappa shape index (κ2) is 3.38. The summed E-state index contributed by atoms with van der Waals surface area (Å²) in [5.74, 6) is -2.42. The van der Waals surface area contributed by atoms with Gasteiger partial charge in [-0.2, -0.15) is 0 Å². The lowest BCUT2D eigenvalue weighted by molar-refractivity contribution is 0.0962. The highest BCUT2D eigenvalue weighted by Gasteiger charge is 2.11. The van der Waals surface area contributed by atoms with Crippen molar-refractivity contribution in [2.75, 3.05) is 12.8 Å². The third-order valence-electron chi connectivity index (χ3n) is 1.57. The highest BCUT2D eigenvalue weighted by Crippen LogP contribution is 2.16. The van der Waals surface area contributed by atoms with Crippen LogP contribution in [-0.2, 0) is 0 Å². The summed E-state index contributed by atoms with van der Waals surface area (Å²) in [6.07, 6.45) is 0. The number of carbonyl (C=O) groups is 1. The molecule has 70 valence electrons. The van der Waals surface area contributed by atoms with E-state index in [-0.39, 0.29) is 5.56 Å². The predicted octanol–water partition coefficient (Wildman–Crippen LogP) is 0.907. The van der Waals surface area contributed by atoms with Crippen LogP contribution in [-0.4, -0.2) is 13.0 Å². The third kappa shape index (κ3) is 1.74. The number of rotatable bonds is 1. The Kier molecular flexibility index (Phi) is 2.46. The van der Waals surface area contributed by atoms with Crippen molar-refractivity contribution in [3.05, 3.63) is 29.3 Å². The summed E-state index contributed by atoms with van der Waals surface area (Å²) in [5, 5.41) is 2.24. The van der Waals surface area contributed by atoms with Crippen LogP contribution in [0, 0.1) is 11.6 Å². The van der Waals surface area contributed by atoms with E-state index in [1.165, 1.54) is 7.05 Å². The first kappa shape index (κ1) is 9.44. The van der Waals surface area contributed by atoms with E-state index in [4.69, 9.17) is 5.73 Å². The number of anilines is 1. The van der Waals surface area contributed by atoms with Crippen LogP contribution >= 0.6 is 0 Å². The molecule has 1 aromatic carbocycles. The highest BCUT2D eigenvalue weighted by atomic mass is 19.1. The number of halogens is 2. The van der Waals surface area contributed by atoms with E-state index in [9.17, 15) is 13.6 Å². The molecule has 0 fully saturated rings. The van der Waals surface area contributed by atoms with Crippen LogP contribution in [0.25, 0.3) is 0 Å². The molecule has 1 amide bonds. The smallest absolute Gasteiger partial charge is 0.251 e. The molecule has 0 unspecified atom stereocenters. The summed E-state index contributed by atoms with van der Waals surface area (Å²) in [4.78, 5) is 10.9. The first-order valence-corrected chi connectivity index (χ1v) is 3.53. The molecule has 0 saturated carbocycles. The number of nitrogens with one attached hydrogen (secondary N) is 1. The van der Waals surface area contributed by atoms with E-state index in [0.717, 1.165) is 12.1 Å². The number of benzene rings is 1. The molecule has 0 spiro atoms. The Morgan fingerprint density at radius 2 is 1.85 bits per heavy atom. The standard InChI is InChI=1S/C8H8F2N2O/c1-12-8(13)4-2-5(9)7(11)6(10)3-4/h2-3H,11H2,1H3,(H,12,13). The van der Waals surface area contributed by atoms with Gasteiger partial charge in [0.1, 0.15) is 17.3 Å². The molecule has 0 aromatic heterocycles. The fraction of sp³-hybridized carbons (Fsp3) is 0.125. The lowest BCUT2D eigenvalue weighted by Gasteiger charge is -2.02. The summed E-state index contributed by atoms with van der Waals surface area (Å²) in [7, 11) is 1.37. The zero-order valence-electron chi connectivity index (χ0n) is 6.90. The van der Waals surface area contributed by atoms with E-state index < -0.39 is 23.2 Å². The molecule has 1 rings (SSSR count). The van der Waals surface area contributed by atoms with Crippen LogP contribution in [0.1, 0.15) is 10.4 Å². The fourth-order valence-electron chi connectivity index (χ4n) is 0.860. The maximum Gasteiger partial charge on any atom is 0.251 e. The maximum atomic E-state index is 12.8. The molecule has 0 radical (unpaired) electrons. The van der Waals surface area contributed by atoms with Crippen LogP contribution in [0.2, 0.25) is 0 Å². The van der Waals surface area contributed by atoms with E-state index in [1.807, 2.05) is 0 Å². The molecule has 0 aliphatic rings. The Hall–Kier alpha value is -1.65. The molecule has 0 atom stereocenters. The van der Waals surface area contributed by atoms with Crippen molar-refractivity contribution in [2.45, 2.75) is 0 Å². The summed E-state index contributed by atoms with van der Waals surface area (Å²) < 4.78 is 25.6. The zero-order chi connectivity index (χ0) is 10.0. The first-order chi connectivity index (χ1) is 6.06. The molecule has 5 heteroatoms. The van der Waals surface area contributed by atoms with E-state index in [0.29, 0.717) is 0 Å². The van der Waals surface area contributed by atoms with Gasteiger partial charge in [0.25, 0.3) is 5.91 Å². The quantitative estimate of drug-likeness (QED) is 0.640. The second-order valence-electron chi connectivity index (χ2n) is 2.43. The molecular formula is C8H8F2N2O. The summed E-state index contributed by atoms with van der Waals surface area (Å²) in [6, 6.07) is 1.77. The van der Waals surface area contributed by atoms with Crippen molar-refractivity contribution < 1.29 is 13.6 Å². The largest absolute Gasteiger partial charge is 0.394 e. The number of hydrogen-bond acceptors (Lipinski definition) is 2. The van der Waals surface area contributed by atoms with Crippen molar-refractivity contribution in [3.63, 3.8) is 0 Å². The average molecular weight is 186 g/mol. The normalized spacial score (nSPS) is 9.77. The topological polar surface area (TPSA) is 55.1 Å². The van der Waals surface area contributed by atoms with E-state index in [2.05, 4.69) is 5.32 Å². The van der Waals surface area contributed by atoms with Crippen LogP contribution in [0.5, 0.6) is 0 Å². The monoisotopic (exact) mass is 186 g/mol. The number of carbonyl (C=O) groups excluding carboxylic acids is 1. The van der Waals surface area contributed by atoms with Gasteiger partial charge in [-0.1, -0.05) is 0 Å². The van der Waals surface area contributed by atoms with Gasteiger partial charge in [0, 0.05) is 12.6 Å². The molecule has 0 saturated heterocycles. The van der Waals surface area contributed by atoms with Gasteiger partial charge in [0.15, 0.2) is 0 Å². The van der Waals surface area contributed by atoms with Gasteiger partial charge in [0.2, 0.25) is 0 Å². The van der Waals surface area contributed by atoms with E-state index >= 15 is 0 Å². The summed E-state index contributed by atoms with van der Waals surface area (Å²) in [5.41, 5.74) is 4.34. The molecule has 3 N–H and O–H groups in total. The number of nitrogens with two attached hydrogens (primary N) is 1. The maximum absolute atomic E-state index is 12.8. The minimum atomic E-state index is -0.932. The molecule has 1 aromatic rings. The van der Waals surface area contributed by atoms with Crippen molar-refractivity contribution in [1.29, 1.82) is 0 Å². The molecule has 3 nitrogen and oxygen atoms in total. The lowest BCUT2D eigenvalue weighted by Crippen LogP contribution is -2.18. The van der Waals surface area contributed by atoms with Crippen molar-refractivity contribution in [3.8, 4) is 0 Å². The van der Waals surface area contributed by atoms with Crippen LogP contribution in [0.4, 0.5) is 14.5 Å². The summed E-state index contributed by atoms with van der Waals surface area (Å²) in [6.45, 7) is 0. The van der Waals surface area contributed by atoms with Crippen molar-refractivity contribution in [2.24, 2.45) is 0 Å². The Morgan fingerprint density at radius 3 is 2.23 bits per heavy atom. The van der Waals surface area contributed by atoms with Crippen molar-refractivity contribution in [1.82, 2.24) is 5.32 Å². The first-order valence-electron chi connectivity index (χ1n) is 3.53. The minimum absolute atomic E-state index is 0.0910. The average Bonchev–Trinajstić information content (AvgIpc) is 2.12. The Labute approximate surface area is 73.5 Å². The van der Waals surface area contributed by atoms with Crippen LogP contribution < -0.4 is 11.1 Å². The fourth-order valence-corrected chi connectivity index (χ4v) is 0.860. The Balaban J connectivity index is 3.20. The third-order valence-corrected chi connectivity index (χ3v) is 1.57. The molecule has 13 heavy (non-hydrogen) atoms. The van der Waals surface area contributed by atoms with E-state index in [1.54, 1.807) is 0 Å². The van der Waals surface area contributed by atoms with Gasteiger partial charge >= 0.3 is 0 Å². The van der Waals surface area contributed by atoms with Crippen molar-refractivity contribution >= 4 is 11.6 Å². The number of hydrogen-bond donors (Lipinski definition) is 2. The van der Waals surface area contributed by atoms with Gasteiger partial charge in [0.05, 0.1) is 0 Å². The molecule has 0 aliphatic heterocycles. The Bertz CT molecular complexity index is 329. The molecule has 0 bridgehead atoms. The van der Waals surface area contributed by atoms with Gasteiger partial charge in [-0.3, -0.25) is 4.79 Å².